The molecule has 0 aliphatic heterocycles. The first-order valence-corrected chi connectivity index (χ1v) is 4.87. The molecule has 0 spiro atoms. The van der Waals surface area contributed by atoms with E-state index in [0.717, 1.165) is 5.69 Å². The maximum atomic E-state index is 10.5. The van der Waals surface area contributed by atoms with Gasteiger partial charge in [-0.15, -0.1) is 0 Å². The molecule has 5 heteroatoms. The van der Waals surface area contributed by atoms with Crippen LogP contribution in [0.4, 0.5) is 5.69 Å². The second-order valence-corrected chi connectivity index (χ2v) is 3.40. The lowest BCUT2D eigenvalue weighted by Gasteiger charge is -2.08. The van der Waals surface area contributed by atoms with Crippen molar-refractivity contribution in [3.8, 4) is 5.75 Å². The highest BCUT2D eigenvalue weighted by atomic mass is 35.5. The molecule has 0 saturated carbocycles. The van der Waals surface area contributed by atoms with Crippen molar-refractivity contribution >= 4 is 23.2 Å². The van der Waals surface area contributed by atoms with Gasteiger partial charge in [-0.1, -0.05) is 11.6 Å². The van der Waals surface area contributed by atoms with E-state index in [9.17, 15) is 4.79 Å². The van der Waals surface area contributed by atoms with Crippen LogP contribution in [0.25, 0.3) is 0 Å². The summed E-state index contributed by atoms with van der Waals surface area (Å²) in [4.78, 5) is 10.5. The minimum absolute atomic E-state index is 0.297. The molecule has 0 aliphatic carbocycles. The molecule has 0 radical (unpaired) electrons. The number of halogens is 1. The van der Waals surface area contributed by atoms with Crippen molar-refractivity contribution in [3.63, 3.8) is 0 Å². The lowest BCUT2D eigenvalue weighted by atomic mass is 10.3. The van der Waals surface area contributed by atoms with Crippen LogP contribution < -0.4 is 15.8 Å². The maximum Gasteiger partial charge on any atom is 0.219 e. The van der Waals surface area contributed by atoms with Crippen molar-refractivity contribution in [1.82, 2.24) is 0 Å². The number of amides is 1. The number of primary amides is 1. The fourth-order valence-electron chi connectivity index (χ4n) is 1.10. The van der Waals surface area contributed by atoms with E-state index < -0.39 is 0 Å². The summed E-state index contributed by atoms with van der Waals surface area (Å²) in [5, 5.41) is 3.59. The quantitative estimate of drug-likeness (QED) is 0.805. The van der Waals surface area contributed by atoms with Gasteiger partial charge in [-0.25, -0.2) is 0 Å². The highest BCUT2D eigenvalue weighted by Gasteiger charge is 2.01. The van der Waals surface area contributed by atoms with Crippen LogP contribution in [0.2, 0.25) is 5.02 Å². The first-order valence-electron chi connectivity index (χ1n) is 4.49. The number of carbonyl (C=O) groups excluding carboxylic acids is 1. The van der Waals surface area contributed by atoms with Gasteiger partial charge in [0, 0.05) is 24.7 Å². The number of nitrogens with one attached hydrogen (secondary N) is 1. The molecule has 1 aromatic carbocycles. The van der Waals surface area contributed by atoms with Crippen LogP contribution in [0.15, 0.2) is 18.2 Å². The Bertz CT molecular complexity index is 355. The highest BCUT2D eigenvalue weighted by Crippen LogP contribution is 2.27. The first-order chi connectivity index (χ1) is 7.13. The van der Waals surface area contributed by atoms with Crippen molar-refractivity contribution in [3.05, 3.63) is 23.2 Å². The number of hydrogen-bond donors (Lipinski definition) is 2. The minimum atomic E-state index is -0.330. The molecule has 0 saturated heterocycles. The van der Waals surface area contributed by atoms with Crippen molar-refractivity contribution < 1.29 is 9.53 Å². The molecule has 0 unspecified atom stereocenters. The standard InChI is InChI=1S/C10H13ClN2O2/c1-15-9-6-7(2-3-8(9)11)13-5-4-10(12)14/h2-3,6,13H,4-5H2,1H3,(H2,12,14). The minimum Gasteiger partial charge on any atom is -0.495 e. The third-order valence-corrected chi connectivity index (χ3v) is 2.16. The molecule has 0 aliphatic rings. The van der Waals surface area contributed by atoms with Gasteiger partial charge in [0.15, 0.2) is 0 Å². The molecular formula is C10H13ClN2O2. The molecule has 0 bridgehead atoms. The normalized spacial score (nSPS) is 9.73. The Morgan fingerprint density at radius 1 is 1.60 bits per heavy atom. The SMILES string of the molecule is COc1cc(NCCC(N)=O)ccc1Cl. The van der Waals surface area contributed by atoms with Crippen LogP contribution in [0, 0.1) is 0 Å². The van der Waals surface area contributed by atoms with E-state index >= 15 is 0 Å². The van der Waals surface area contributed by atoms with E-state index in [1.807, 2.05) is 6.07 Å². The van der Waals surface area contributed by atoms with Gasteiger partial charge in [0.1, 0.15) is 5.75 Å². The van der Waals surface area contributed by atoms with Gasteiger partial charge in [-0.05, 0) is 12.1 Å². The van der Waals surface area contributed by atoms with E-state index in [1.165, 1.54) is 0 Å². The van der Waals surface area contributed by atoms with E-state index in [0.29, 0.717) is 23.7 Å². The predicted octanol–water partition coefficient (Wildman–Crippen LogP) is 1.64. The Hall–Kier alpha value is -1.42. The number of rotatable bonds is 5. The summed E-state index contributed by atoms with van der Waals surface area (Å²) in [7, 11) is 1.55. The zero-order chi connectivity index (χ0) is 11.3. The summed E-state index contributed by atoms with van der Waals surface area (Å²) in [5.41, 5.74) is 5.86. The summed E-state index contributed by atoms with van der Waals surface area (Å²) in [6.07, 6.45) is 0.297. The zero-order valence-corrected chi connectivity index (χ0v) is 9.17. The van der Waals surface area contributed by atoms with Crippen LogP contribution in [0.1, 0.15) is 6.42 Å². The zero-order valence-electron chi connectivity index (χ0n) is 8.42. The van der Waals surface area contributed by atoms with E-state index in [1.54, 1.807) is 19.2 Å². The van der Waals surface area contributed by atoms with Crippen molar-refractivity contribution in [2.24, 2.45) is 5.73 Å². The van der Waals surface area contributed by atoms with Gasteiger partial charge in [0.25, 0.3) is 0 Å². The molecule has 1 amide bonds. The lowest BCUT2D eigenvalue weighted by Crippen LogP contribution is -2.15. The number of nitrogens with two attached hydrogens (primary N) is 1. The number of anilines is 1. The van der Waals surface area contributed by atoms with E-state index in [2.05, 4.69) is 5.32 Å². The van der Waals surface area contributed by atoms with Gasteiger partial charge in [-0.2, -0.15) is 0 Å². The summed E-state index contributed by atoms with van der Waals surface area (Å²) < 4.78 is 5.05. The molecular weight excluding hydrogens is 216 g/mol. The molecule has 0 heterocycles. The van der Waals surface area contributed by atoms with Crippen LogP contribution in [0.3, 0.4) is 0 Å². The molecule has 0 aromatic heterocycles. The Balaban J connectivity index is 2.58. The van der Waals surface area contributed by atoms with Crippen LogP contribution >= 0.6 is 11.6 Å². The molecule has 15 heavy (non-hydrogen) atoms. The Morgan fingerprint density at radius 2 is 2.33 bits per heavy atom. The lowest BCUT2D eigenvalue weighted by molar-refractivity contribution is -0.117. The smallest absolute Gasteiger partial charge is 0.219 e. The summed E-state index contributed by atoms with van der Waals surface area (Å²) >= 11 is 5.85. The van der Waals surface area contributed by atoms with Gasteiger partial charge in [-0.3, -0.25) is 4.79 Å². The fraction of sp³-hybridized carbons (Fsp3) is 0.300. The van der Waals surface area contributed by atoms with Crippen LogP contribution in [0.5, 0.6) is 5.75 Å². The van der Waals surface area contributed by atoms with Crippen molar-refractivity contribution in [2.45, 2.75) is 6.42 Å². The maximum absolute atomic E-state index is 10.5. The van der Waals surface area contributed by atoms with Gasteiger partial charge >= 0.3 is 0 Å². The second kappa shape index (κ2) is 5.46. The van der Waals surface area contributed by atoms with Gasteiger partial charge in [0.05, 0.1) is 12.1 Å². The fourth-order valence-corrected chi connectivity index (χ4v) is 1.29. The number of ether oxygens (including phenoxy) is 1. The average molecular weight is 229 g/mol. The summed E-state index contributed by atoms with van der Waals surface area (Å²) in [5.74, 6) is 0.268. The third-order valence-electron chi connectivity index (χ3n) is 1.85. The summed E-state index contributed by atoms with van der Waals surface area (Å²) in [6, 6.07) is 5.31. The summed E-state index contributed by atoms with van der Waals surface area (Å²) in [6.45, 7) is 0.500. The number of methoxy groups -OCH3 is 1. The third kappa shape index (κ3) is 3.67. The molecule has 82 valence electrons. The number of hydrogen-bond acceptors (Lipinski definition) is 3. The Morgan fingerprint density at radius 3 is 2.93 bits per heavy atom. The largest absolute Gasteiger partial charge is 0.495 e. The Labute approximate surface area is 93.4 Å². The van der Waals surface area contributed by atoms with E-state index in [4.69, 9.17) is 22.1 Å². The van der Waals surface area contributed by atoms with E-state index in [-0.39, 0.29) is 5.91 Å². The van der Waals surface area contributed by atoms with Crippen molar-refractivity contribution in [1.29, 1.82) is 0 Å². The van der Waals surface area contributed by atoms with Crippen LogP contribution in [-0.4, -0.2) is 19.6 Å². The monoisotopic (exact) mass is 228 g/mol. The predicted molar refractivity (Wildman–Crippen MR) is 60.3 cm³/mol. The number of benzene rings is 1. The molecule has 0 fully saturated rings. The first kappa shape index (κ1) is 11.7. The molecule has 0 atom stereocenters. The van der Waals surface area contributed by atoms with Gasteiger partial charge < -0.3 is 15.8 Å². The molecule has 1 aromatic rings. The van der Waals surface area contributed by atoms with Crippen molar-refractivity contribution in [2.75, 3.05) is 19.0 Å². The average Bonchev–Trinajstić information content (AvgIpc) is 2.20. The second-order valence-electron chi connectivity index (χ2n) is 2.99. The number of carbonyl (C=O) groups is 1. The molecule has 1 rings (SSSR count). The van der Waals surface area contributed by atoms with Gasteiger partial charge in [0.2, 0.25) is 5.91 Å². The molecule has 4 nitrogen and oxygen atoms in total. The highest BCUT2D eigenvalue weighted by molar-refractivity contribution is 6.32. The molecule has 3 N–H and O–H groups in total. The topological polar surface area (TPSA) is 64.3 Å². The Kier molecular flexibility index (Phi) is 4.24. The van der Waals surface area contributed by atoms with Crippen LogP contribution in [-0.2, 0) is 4.79 Å².